The lowest BCUT2D eigenvalue weighted by molar-refractivity contribution is 0.303. The number of benzene rings is 1. The summed E-state index contributed by atoms with van der Waals surface area (Å²) < 4.78 is 0. The Hall–Kier alpha value is -0.790. The average Bonchev–Trinajstić information content (AvgIpc) is 2.13. The SMILES string of the molecule is Cc1cccc(C=CCCO)c1Cl. The van der Waals surface area contributed by atoms with Gasteiger partial charge in [-0.25, -0.2) is 0 Å². The summed E-state index contributed by atoms with van der Waals surface area (Å²) in [4.78, 5) is 0. The van der Waals surface area contributed by atoms with Crippen LogP contribution in [0.3, 0.4) is 0 Å². The molecule has 0 fully saturated rings. The van der Waals surface area contributed by atoms with Gasteiger partial charge in [0.2, 0.25) is 0 Å². The second-order valence-electron chi connectivity index (χ2n) is 2.89. The zero-order chi connectivity index (χ0) is 9.68. The van der Waals surface area contributed by atoms with Gasteiger partial charge in [-0.3, -0.25) is 0 Å². The highest BCUT2D eigenvalue weighted by Gasteiger charge is 1.97. The van der Waals surface area contributed by atoms with Crippen LogP contribution in [0.2, 0.25) is 5.02 Å². The Labute approximate surface area is 83.7 Å². The molecule has 0 spiro atoms. The topological polar surface area (TPSA) is 20.2 Å². The zero-order valence-corrected chi connectivity index (χ0v) is 8.38. The van der Waals surface area contributed by atoms with E-state index in [0.717, 1.165) is 16.1 Å². The number of hydrogen-bond acceptors (Lipinski definition) is 1. The third-order valence-electron chi connectivity index (χ3n) is 1.81. The van der Waals surface area contributed by atoms with Crippen LogP contribution in [0.5, 0.6) is 0 Å². The standard InChI is InChI=1S/C11H13ClO/c1-9-5-4-7-10(11(9)12)6-2-3-8-13/h2,4-7,13H,3,8H2,1H3. The largest absolute Gasteiger partial charge is 0.396 e. The lowest BCUT2D eigenvalue weighted by atomic mass is 10.1. The van der Waals surface area contributed by atoms with Crippen molar-refractivity contribution in [2.75, 3.05) is 6.61 Å². The predicted molar refractivity (Wildman–Crippen MR) is 56.9 cm³/mol. The summed E-state index contributed by atoms with van der Waals surface area (Å²) in [6, 6.07) is 5.91. The molecule has 0 aliphatic carbocycles. The quantitative estimate of drug-likeness (QED) is 0.788. The molecule has 0 saturated carbocycles. The van der Waals surface area contributed by atoms with Crippen LogP contribution in [-0.2, 0) is 0 Å². The molecule has 0 aliphatic heterocycles. The number of halogens is 1. The van der Waals surface area contributed by atoms with E-state index in [1.807, 2.05) is 37.3 Å². The van der Waals surface area contributed by atoms with Crippen LogP contribution >= 0.6 is 11.6 Å². The molecule has 0 saturated heterocycles. The van der Waals surface area contributed by atoms with Gasteiger partial charge in [0.25, 0.3) is 0 Å². The van der Waals surface area contributed by atoms with Crippen molar-refractivity contribution in [2.45, 2.75) is 13.3 Å². The molecule has 1 aromatic carbocycles. The predicted octanol–water partition coefficient (Wildman–Crippen LogP) is 3.04. The van der Waals surface area contributed by atoms with Gasteiger partial charge < -0.3 is 5.11 Å². The first kappa shape index (κ1) is 10.3. The van der Waals surface area contributed by atoms with Gasteiger partial charge >= 0.3 is 0 Å². The monoisotopic (exact) mass is 196 g/mol. The minimum Gasteiger partial charge on any atom is -0.396 e. The van der Waals surface area contributed by atoms with E-state index < -0.39 is 0 Å². The van der Waals surface area contributed by atoms with Crippen LogP contribution < -0.4 is 0 Å². The highest BCUT2D eigenvalue weighted by Crippen LogP contribution is 2.21. The van der Waals surface area contributed by atoms with Gasteiger partial charge in [-0.15, -0.1) is 0 Å². The van der Waals surface area contributed by atoms with Gasteiger partial charge in [0.15, 0.2) is 0 Å². The summed E-state index contributed by atoms with van der Waals surface area (Å²) >= 11 is 6.06. The van der Waals surface area contributed by atoms with Gasteiger partial charge in [-0.2, -0.15) is 0 Å². The molecule has 13 heavy (non-hydrogen) atoms. The summed E-state index contributed by atoms with van der Waals surface area (Å²) in [5.74, 6) is 0. The first-order valence-corrected chi connectivity index (χ1v) is 4.66. The van der Waals surface area contributed by atoms with E-state index in [1.54, 1.807) is 0 Å². The van der Waals surface area contributed by atoms with Crippen molar-refractivity contribution in [3.63, 3.8) is 0 Å². The minimum absolute atomic E-state index is 0.180. The molecular formula is C11H13ClO. The Morgan fingerprint density at radius 1 is 1.46 bits per heavy atom. The Morgan fingerprint density at radius 3 is 2.92 bits per heavy atom. The summed E-state index contributed by atoms with van der Waals surface area (Å²) in [6.07, 6.45) is 4.52. The van der Waals surface area contributed by atoms with Crippen LogP contribution in [0, 0.1) is 6.92 Å². The molecule has 1 nitrogen and oxygen atoms in total. The summed E-state index contributed by atoms with van der Waals surface area (Å²) in [7, 11) is 0. The molecule has 1 N–H and O–H groups in total. The van der Waals surface area contributed by atoms with Gasteiger partial charge in [-0.1, -0.05) is 42.0 Å². The smallest absolute Gasteiger partial charge is 0.0507 e. The van der Waals surface area contributed by atoms with Crippen molar-refractivity contribution >= 4 is 17.7 Å². The van der Waals surface area contributed by atoms with Crippen molar-refractivity contribution < 1.29 is 5.11 Å². The highest BCUT2D eigenvalue weighted by atomic mass is 35.5. The zero-order valence-electron chi connectivity index (χ0n) is 7.63. The molecular weight excluding hydrogens is 184 g/mol. The fourth-order valence-electron chi connectivity index (χ4n) is 1.08. The highest BCUT2D eigenvalue weighted by molar-refractivity contribution is 6.32. The van der Waals surface area contributed by atoms with Gasteiger partial charge in [0.05, 0.1) is 5.02 Å². The lowest BCUT2D eigenvalue weighted by Gasteiger charge is -2.00. The molecule has 0 aromatic heterocycles. The normalized spacial score (nSPS) is 11.0. The summed E-state index contributed by atoms with van der Waals surface area (Å²) in [5.41, 5.74) is 2.09. The maximum absolute atomic E-state index is 8.58. The van der Waals surface area contributed by atoms with Gasteiger partial charge in [0, 0.05) is 6.61 Å². The van der Waals surface area contributed by atoms with Gasteiger partial charge in [0.1, 0.15) is 0 Å². The number of rotatable bonds is 3. The number of aryl methyl sites for hydroxylation is 1. The molecule has 0 aliphatic rings. The molecule has 0 amide bonds. The fraction of sp³-hybridized carbons (Fsp3) is 0.273. The van der Waals surface area contributed by atoms with E-state index in [0.29, 0.717) is 6.42 Å². The summed E-state index contributed by atoms with van der Waals surface area (Å²) in [5, 5.41) is 9.37. The molecule has 0 unspecified atom stereocenters. The minimum atomic E-state index is 0.180. The van der Waals surface area contributed by atoms with Gasteiger partial charge in [-0.05, 0) is 24.5 Å². The van der Waals surface area contributed by atoms with Crippen molar-refractivity contribution in [1.82, 2.24) is 0 Å². The van der Waals surface area contributed by atoms with Crippen molar-refractivity contribution in [3.05, 3.63) is 40.4 Å². The molecule has 1 aromatic rings. The van der Waals surface area contributed by atoms with E-state index in [4.69, 9.17) is 16.7 Å². The molecule has 0 atom stereocenters. The average molecular weight is 197 g/mol. The first-order chi connectivity index (χ1) is 6.25. The maximum Gasteiger partial charge on any atom is 0.0507 e. The number of aliphatic hydroxyl groups is 1. The lowest BCUT2D eigenvalue weighted by Crippen LogP contribution is -1.80. The molecule has 1 rings (SSSR count). The Balaban J connectivity index is 2.83. The van der Waals surface area contributed by atoms with Crippen LogP contribution in [0.15, 0.2) is 24.3 Å². The Morgan fingerprint density at radius 2 is 2.23 bits per heavy atom. The Kier molecular flexibility index (Phi) is 4.00. The van der Waals surface area contributed by atoms with E-state index >= 15 is 0 Å². The van der Waals surface area contributed by atoms with Crippen molar-refractivity contribution in [1.29, 1.82) is 0 Å². The third kappa shape index (κ3) is 2.87. The molecule has 0 radical (unpaired) electrons. The Bertz CT molecular complexity index is 305. The second kappa shape index (κ2) is 5.05. The molecule has 2 heteroatoms. The number of hydrogen-bond donors (Lipinski definition) is 1. The van der Waals surface area contributed by atoms with Crippen LogP contribution in [0.25, 0.3) is 6.08 Å². The molecule has 0 bridgehead atoms. The van der Waals surface area contributed by atoms with E-state index in [9.17, 15) is 0 Å². The van der Waals surface area contributed by atoms with E-state index in [2.05, 4.69) is 0 Å². The molecule has 0 heterocycles. The van der Waals surface area contributed by atoms with Crippen LogP contribution in [0.1, 0.15) is 17.5 Å². The second-order valence-corrected chi connectivity index (χ2v) is 3.27. The number of aliphatic hydroxyl groups excluding tert-OH is 1. The van der Waals surface area contributed by atoms with Crippen LogP contribution in [-0.4, -0.2) is 11.7 Å². The van der Waals surface area contributed by atoms with E-state index in [-0.39, 0.29) is 6.61 Å². The van der Waals surface area contributed by atoms with Crippen molar-refractivity contribution in [2.24, 2.45) is 0 Å². The first-order valence-electron chi connectivity index (χ1n) is 4.28. The van der Waals surface area contributed by atoms with Crippen LogP contribution in [0.4, 0.5) is 0 Å². The fourth-order valence-corrected chi connectivity index (χ4v) is 1.27. The maximum atomic E-state index is 8.58. The summed E-state index contributed by atoms with van der Waals surface area (Å²) in [6.45, 7) is 2.16. The van der Waals surface area contributed by atoms with E-state index in [1.165, 1.54) is 0 Å². The third-order valence-corrected chi connectivity index (χ3v) is 2.33. The molecule has 70 valence electrons. The van der Waals surface area contributed by atoms with Crippen molar-refractivity contribution in [3.8, 4) is 0 Å².